The molecule has 0 bridgehead atoms. The minimum Gasteiger partial charge on any atom is -0.399 e. The molecule has 0 saturated heterocycles. The van der Waals surface area contributed by atoms with Gasteiger partial charge in [-0.1, -0.05) is 30.3 Å². The largest absolute Gasteiger partial charge is 0.399 e. The molecule has 3 nitrogen and oxygen atoms in total. The summed E-state index contributed by atoms with van der Waals surface area (Å²) in [5.74, 6) is 0.448. The van der Waals surface area contributed by atoms with Crippen molar-refractivity contribution in [1.29, 1.82) is 0 Å². The molecule has 1 amide bonds. The van der Waals surface area contributed by atoms with Gasteiger partial charge in [-0.3, -0.25) is 4.79 Å². The lowest BCUT2D eigenvalue weighted by atomic mass is 10.2. The van der Waals surface area contributed by atoms with Gasteiger partial charge >= 0.3 is 0 Å². The molecule has 4 heteroatoms. The molecule has 2 aromatic rings. The fourth-order valence-electron chi connectivity index (χ4n) is 1.73. The second-order valence-corrected chi connectivity index (χ2v) is 5.62. The van der Waals surface area contributed by atoms with Gasteiger partial charge in [-0.05, 0) is 36.2 Å². The Hall–Kier alpha value is -1.94. The van der Waals surface area contributed by atoms with E-state index in [0.717, 1.165) is 21.7 Å². The topological polar surface area (TPSA) is 55.1 Å². The number of carbonyl (C=O) groups excluding carboxylic acids is 1. The lowest BCUT2D eigenvalue weighted by molar-refractivity contribution is -0.118. The number of carbonyl (C=O) groups is 1. The number of hydrogen-bond acceptors (Lipinski definition) is 3. The van der Waals surface area contributed by atoms with Gasteiger partial charge in [-0.25, -0.2) is 0 Å². The minimum atomic E-state index is 0.0355. The molecule has 0 spiro atoms. The van der Waals surface area contributed by atoms with Crippen molar-refractivity contribution < 1.29 is 4.79 Å². The SMILES string of the molecule is Cc1cc(SCC(=O)NCc2ccccc2)ccc1N. The average Bonchev–Trinajstić information content (AvgIpc) is 2.47. The Morgan fingerprint density at radius 1 is 1.20 bits per heavy atom. The molecular formula is C16H18N2OS. The molecule has 0 aliphatic carbocycles. The summed E-state index contributed by atoms with van der Waals surface area (Å²) in [4.78, 5) is 12.8. The number of thioether (sulfide) groups is 1. The van der Waals surface area contributed by atoms with E-state index < -0.39 is 0 Å². The fourth-order valence-corrected chi connectivity index (χ4v) is 2.56. The van der Waals surface area contributed by atoms with Crippen LogP contribution in [0, 0.1) is 6.92 Å². The van der Waals surface area contributed by atoms with Crippen LogP contribution in [0.1, 0.15) is 11.1 Å². The summed E-state index contributed by atoms with van der Waals surface area (Å²) in [5, 5.41) is 2.91. The summed E-state index contributed by atoms with van der Waals surface area (Å²) >= 11 is 1.52. The molecule has 104 valence electrons. The van der Waals surface area contributed by atoms with Crippen LogP contribution in [0.5, 0.6) is 0 Å². The zero-order valence-corrected chi connectivity index (χ0v) is 12.2. The van der Waals surface area contributed by atoms with E-state index in [1.165, 1.54) is 11.8 Å². The highest BCUT2D eigenvalue weighted by atomic mass is 32.2. The van der Waals surface area contributed by atoms with Gasteiger partial charge in [-0.2, -0.15) is 0 Å². The number of aryl methyl sites for hydroxylation is 1. The van der Waals surface area contributed by atoms with Crippen LogP contribution >= 0.6 is 11.8 Å². The first-order valence-electron chi connectivity index (χ1n) is 6.44. The molecule has 0 unspecified atom stereocenters. The maximum Gasteiger partial charge on any atom is 0.230 e. The highest BCUT2D eigenvalue weighted by Gasteiger charge is 2.04. The predicted molar refractivity (Wildman–Crippen MR) is 84.6 cm³/mol. The Balaban J connectivity index is 1.79. The smallest absolute Gasteiger partial charge is 0.230 e. The van der Waals surface area contributed by atoms with Crippen molar-refractivity contribution in [2.24, 2.45) is 0 Å². The van der Waals surface area contributed by atoms with E-state index in [9.17, 15) is 4.79 Å². The van der Waals surface area contributed by atoms with Crippen molar-refractivity contribution in [3.63, 3.8) is 0 Å². The van der Waals surface area contributed by atoms with Crippen molar-refractivity contribution in [3.8, 4) is 0 Å². The Morgan fingerprint density at radius 2 is 1.95 bits per heavy atom. The van der Waals surface area contributed by atoms with Gasteiger partial charge in [-0.15, -0.1) is 11.8 Å². The Morgan fingerprint density at radius 3 is 2.65 bits per heavy atom. The van der Waals surface area contributed by atoms with Crippen molar-refractivity contribution in [3.05, 3.63) is 59.7 Å². The standard InChI is InChI=1S/C16H18N2OS/c1-12-9-14(7-8-15(12)17)20-11-16(19)18-10-13-5-3-2-4-6-13/h2-9H,10-11,17H2,1H3,(H,18,19). The molecule has 2 rings (SSSR count). The molecule has 3 N–H and O–H groups in total. The number of rotatable bonds is 5. The summed E-state index contributed by atoms with van der Waals surface area (Å²) < 4.78 is 0. The third-order valence-electron chi connectivity index (χ3n) is 2.94. The van der Waals surface area contributed by atoms with Gasteiger partial charge < -0.3 is 11.1 Å². The van der Waals surface area contributed by atoms with Crippen LogP contribution in [0.2, 0.25) is 0 Å². The van der Waals surface area contributed by atoms with Gasteiger partial charge in [0.15, 0.2) is 0 Å². The highest BCUT2D eigenvalue weighted by Crippen LogP contribution is 2.22. The van der Waals surface area contributed by atoms with Crippen LogP contribution in [-0.2, 0) is 11.3 Å². The first-order chi connectivity index (χ1) is 9.65. The van der Waals surface area contributed by atoms with E-state index in [1.807, 2.05) is 55.5 Å². The maximum absolute atomic E-state index is 11.8. The number of nitrogens with two attached hydrogens (primary N) is 1. The summed E-state index contributed by atoms with van der Waals surface area (Å²) in [6.07, 6.45) is 0. The van der Waals surface area contributed by atoms with E-state index >= 15 is 0 Å². The number of benzene rings is 2. The number of nitrogen functional groups attached to an aromatic ring is 1. The number of hydrogen-bond donors (Lipinski definition) is 2. The summed E-state index contributed by atoms with van der Waals surface area (Å²) in [5.41, 5.74) is 8.70. The minimum absolute atomic E-state index is 0.0355. The van der Waals surface area contributed by atoms with Crippen molar-refractivity contribution in [2.45, 2.75) is 18.4 Å². The number of nitrogens with one attached hydrogen (secondary N) is 1. The van der Waals surface area contributed by atoms with Crippen LogP contribution in [-0.4, -0.2) is 11.7 Å². The molecule has 0 heterocycles. The lowest BCUT2D eigenvalue weighted by Gasteiger charge is -2.06. The maximum atomic E-state index is 11.8. The van der Waals surface area contributed by atoms with Gasteiger partial charge in [0.05, 0.1) is 5.75 Å². The second kappa shape index (κ2) is 7.01. The van der Waals surface area contributed by atoms with Crippen molar-refractivity contribution in [1.82, 2.24) is 5.32 Å². The predicted octanol–water partition coefficient (Wildman–Crippen LogP) is 2.99. The molecule has 20 heavy (non-hydrogen) atoms. The Labute approximate surface area is 123 Å². The monoisotopic (exact) mass is 286 g/mol. The normalized spacial score (nSPS) is 10.2. The molecular weight excluding hydrogens is 268 g/mol. The van der Waals surface area contributed by atoms with Crippen LogP contribution in [0.4, 0.5) is 5.69 Å². The van der Waals surface area contributed by atoms with E-state index in [2.05, 4.69) is 5.32 Å². The summed E-state index contributed by atoms with van der Waals surface area (Å²) in [7, 11) is 0. The van der Waals surface area contributed by atoms with Crippen molar-refractivity contribution in [2.75, 3.05) is 11.5 Å². The molecule has 0 aromatic heterocycles. The zero-order chi connectivity index (χ0) is 14.4. The molecule has 0 aliphatic rings. The van der Waals surface area contributed by atoms with E-state index in [0.29, 0.717) is 12.3 Å². The third kappa shape index (κ3) is 4.31. The molecule has 0 atom stereocenters. The van der Waals surface area contributed by atoms with Crippen molar-refractivity contribution >= 4 is 23.4 Å². The van der Waals surface area contributed by atoms with E-state index in [4.69, 9.17) is 5.73 Å². The average molecular weight is 286 g/mol. The Kier molecular flexibility index (Phi) is 5.07. The number of amides is 1. The van der Waals surface area contributed by atoms with Crippen LogP contribution in [0.25, 0.3) is 0 Å². The van der Waals surface area contributed by atoms with Gasteiger partial charge in [0.25, 0.3) is 0 Å². The van der Waals surface area contributed by atoms with Gasteiger partial charge in [0.2, 0.25) is 5.91 Å². The fraction of sp³-hybridized carbons (Fsp3) is 0.188. The van der Waals surface area contributed by atoms with Crippen LogP contribution in [0.3, 0.4) is 0 Å². The van der Waals surface area contributed by atoms with Crippen LogP contribution in [0.15, 0.2) is 53.4 Å². The first-order valence-corrected chi connectivity index (χ1v) is 7.43. The zero-order valence-electron chi connectivity index (χ0n) is 11.4. The van der Waals surface area contributed by atoms with Crippen LogP contribution < -0.4 is 11.1 Å². The third-order valence-corrected chi connectivity index (χ3v) is 3.94. The Bertz CT molecular complexity index is 584. The summed E-state index contributed by atoms with van der Waals surface area (Å²) in [6, 6.07) is 15.7. The lowest BCUT2D eigenvalue weighted by Crippen LogP contribution is -2.24. The molecule has 0 fully saturated rings. The van der Waals surface area contributed by atoms with E-state index in [-0.39, 0.29) is 5.91 Å². The second-order valence-electron chi connectivity index (χ2n) is 4.57. The molecule has 2 aromatic carbocycles. The highest BCUT2D eigenvalue weighted by molar-refractivity contribution is 8.00. The molecule has 0 aliphatic heterocycles. The molecule has 0 saturated carbocycles. The molecule has 0 radical (unpaired) electrons. The number of anilines is 1. The van der Waals surface area contributed by atoms with Gasteiger partial charge in [0, 0.05) is 17.1 Å². The summed E-state index contributed by atoms with van der Waals surface area (Å²) in [6.45, 7) is 2.54. The van der Waals surface area contributed by atoms with Gasteiger partial charge in [0.1, 0.15) is 0 Å². The quantitative estimate of drug-likeness (QED) is 0.656. The first kappa shape index (κ1) is 14.5. The van der Waals surface area contributed by atoms with E-state index in [1.54, 1.807) is 0 Å².